The highest BCUT2D eigenvalue weighted by Crippen LogP contribution is 2.42. The molecule has 0 saturated carbocycles. The molecule has 17 heavy (non-hydrogen) atoms. The largest absolute Gasteiger partial charge is 0.398 e. The molecule has 1 aliphatic rings. The highest BCUT2D eigenvalue weighted by molar-refractivity contribution is 6.25. The standard InChI is InChI=1S/C14H12N2O/c1-7-11(15)6-10-8-4-2-3-5-9(8)14(17)12(10)13(7)16/h2-6H,15-16H2,1H3. The molecule has 3 rings (SSSR count). The van der Waals surface area contributed by atoms with Crippen molar-refractivity contribution in [1.82, 2.24) is 0 Å². The molecule has 3 nitrogen and oxygen atoms in total. The third-order valence-corrected chi connectivity index (χ3v) is 3.36. The summed E-state index contributed by atoms with van der Waals surface area (Å²) in [6, 6.07) is 9.35. The van der Waals surface area contributed by atoms with E-state index in [1.807, 2.05) is 37.3 Å². The third kappa shape index (κ3) is 1.13. The van der Waals surface area contributed by atoms with Crippen LogP contribution in [0.15, 0.2) is 30.3 Å². The van der Waals surface area contributed by atoms with Crippen LogP contribution in [-0.2, 0) is 0 Å². The van der Waals surface area contributed by atoms with Crippen molar-refractivity contribution in [2.75, 3.05) is 11.5 Å². The van der Waals surface area contributed by atoms with Gasteiger partial charge < -0.3 is 11.5 Å². The molecule has 0 unspecified atom stereocenters. The number of carbonyl (C=O) groups excluding carboxylic acids is 1. The van der Waals surface area contributed by atoms with E-state index < -0.39 is 0 Å². The molecule has 0 bridgehead atoms. The lowest BCUT2D eigenvalue weighted by atomic mass is 10.00. The zero-order valence-electron chi connectivity index (χ0n) is 9.45. The third-order valence-electron chi connectivity index (χ3n) is 3.36. The van der Waals surface area contributed by atoms with Crippen LogP contribution >= 0.6 is 0 Å². The Hall–Kier alpha value is -2.29. The van der Waals surface area contributed by atoms with E-state index in [4.69, 9.17) is 11.5 Å². The number of fused-ring (bicyclic) bond motifs is 3. The van der Waals surface area contributed by atoms with Crippen molar-refractivity contribution >= 4 is 17.2 Å². The van der Waals surface area contributed by atoms with E-state index in [1.165, 1.54) is 0 Å². The summed E-state index contributed by atoms with van der Waals surface area (Å²) in [6.45, 7) is 1.83. The normalized spacial score (nSPS) is 12.4. The number of hydrogen-bond donors (Lipinski definition) is 2. The zero-order valence-corrected chi connectivity index (χ0v) is 9.45. The van der Waals surface area contributed by atoms with Crippen molar-refractivity contribution in [2.45, 2.75) is 6.92 Å². The molecular weight excluding hydrogens is 212 g/mol. The second kappa shape index (κ2) is 3.10. The first-order valence-electron chi connectivity index (χ1n) is 5.44. The van der Waals surface area contributed by atoms with E-state index in [1.54, 1.807) is 0 Å². The van der Waals surface area contributed by atoms with Crippen molar-refractivity contribution in [3.8, 4) is 11.1 Å². The Bertz CT molecular complexity index is 660. The maximum atomic E-state index is 12.3. The molecule has 0 spiro atoms. The van der Waals surface area contributed by atoms with E-state index >= 15 is 0 Å². The number of nitrogen functional groups attached to an aromatic ring is 2. The van der Waals surface area contributed by atoms with Crippen molar-refractivity contribution in [3.05, 3.63) is 47.0 Å². The van der Waals surface area contributed by atoms with E-state index in [0.717, 1.165) is 16.7 Å². The predicted molar refractivity (Wildman–Crippen MR) is 68.9 cm³/mol. The van der Waals surface area contributed by atoms with Gasteiger partial charge in [-0.15, -0.1) is 0 Å². The molecular formula is C14H12N2O. The van der Waals surface area contributed by atoms with Crippen molar-refractivity contribution < 1.29 is 4.79 Å². The van der Waals surface area contributed by atoms with Crippen LogP contribution < -0.4 is 11.5 Å². The van der Waals surface area contributed by atoms with Gasteiger partial charge in [0.15, 0.2) is 5.78 Å². The van der Waals surface area contributed by atoms with Crippen LogP contribution in [0.5, 0.6) is 0 Å². The summed E-state index contributed by atoms with van der Waals surface area (Å²) in [5.41, 5.74) is 16.9. The summed E-state index contributed by atoms with van der Waals surface area (Å²) < 4.78 is 0. The average Bonchev–Trinajstić information content (AvgIpc) is 2.61. The lowest BCUT2D eigenvalue weighted by Gasteiger charge is -2.09. The predicted octanol–water partition coefficient (Wildman–Crippen LogP) is 2.37. The molecule has 84 valence electrons. The van der Waals surface area contributed by atoms with Crippen LogP contribution in [0, 0.1) is 6.92 Å². The Labute approximate surface area is 99.1 Å². The van der Waals surface area contributed by atoms with Gasteiger partial charge in [-0.25, -0.2) is 0 Å². The van der Waals surface area contributed by atoms with Gasteiger partial charge in [-0.2, -0.15) is 0 Å². The van der Waals surface area contributed by atoms with E-state index in [-0.39, 0.29) is 5.78 Å². The first kappa shape index (κ1) is 9.90. The number of anilines is 2. The molecule has 0 radical (unpaired) electrons. The van der Waals surface area contributed by atoms with Crippen LogP contribution in [0.1, 0.15) is 21.5 Å². The maximum absolute atomic E-state index is 12.3. The van der Waals surface area contributed by atoms with Gasteiger partial charge in [0.2, 0.25) is 0 Å². The highest BCUT2D eigenvalue weighted by Gasteiger charge is 2.29. The SMILES string of the molecule is Cc1c(N)cc2c(c1N)C(=O)c1ccccc1-2. The number of hydrogen-bond acceptors (Lipinski definition) is 3. The first-order valence-corrected chi connectivity index (χ1v) is 5.44. The fourth-order valence-electron chi connectivity index (χ4n) is 2.33. The Kier molecular flexibility index (Phi) is 1.81. The number of ketones is 1. The topological polar surface area (TPSA) is 69.1 Å². The molecule has 2 aromatic carbocycles. The van der Waals surface area contributed by atoms with Gasteiger partial charge in [0.25, 0.3) is 0 Å². The number of nitrogens with two attached hydrogens (primary N) is 2. The summed E-state index contributed by atoms with van der Waals surface area (Å²) in [4.78, 5) is 12.3. The molecule has 3 heteroatoms. The van der Waals surface area contributed by atoms with Gasteiger partial charge >= 0.3 is 0 Å². The quantitative estimate of drug-likeness (QED) is 0.576. The average molecular weight is 224 g/mol. The Balaban J connectivity index is 2.44. The highest BCUT2D eigenvalue weighted by atomic mass is 16.1. The summed E-state index contributed by atoms with van der Waals surface area (Å²) >= 11 is 0. The molecule has 0 atom stereocenters. The Morgan fingerprint density at radius 2 is 1.65 bits per heavy atom. The lowest BCUT2D eigenvalue weighted by Crippen LogP contribution is -2.04. The molecule has 0 aromatic heterocycles. The first-order chi connectivity index (χ1) is 8.11. The van der Waals surface area contributed by atoms with Crippen molar-refractivity contribution in [1.29, 1.82) is 0 Å². The fraction of sp³-hybridized carbons (Fsp3) is 0.0714. The van der Waals surface area contributed by atoms with Gasteiger partial charge in [-0.05, 0) is 29.7 Å². The molecule has 0 fully saturated rings. The molecule has 4 N–H and O–H groups in total. The van der Waals surface area contributed by atoms with Crippen LogP contribution in [0.2, 0.25) is 0 Å². The monoisotopic (exact) mass is 224 g/mol. The van der Waals surface area contributed by atoms with Crippen LogP contribution in [-0.4, -0.2) is 5.78 Å². The van der Waals surface area contributed by atoms with Gasteiger partial charge in [-0.1, -0.05) is 24.3 Å². The maximum Gasteiger partial charge on any atom is 0.196 e. The van der Waals surface area contributed by atoms with Crippen LogP contribution in [0.4, 0.5) is 11.4 Å². The van der Waals surface area contributed by atoms with Crippen LogP contribution in [0.3, 0.4) is 0 Å². The molecule has 2 aromatic rings. The number of rotatable bonds is 0. The molecule has 1 aliphatic carbocycles. The van der Waals surface area contributed by atoms with Gasteiger partial charge in [-0.3, -0.25) is 4.79 Å². The summed E-state index contributed by atoms with van der Waals surface area (Å²) in [5.74, 6) is -0.00352. The van der Waals surface area contributed by atoms with Crippen molar-refractivity contribution in [2.24, 2.45) is 0 Å². The Morgan fingerprint density at radius 3 is 2.35 bits per heavy atom. The molecule has 0 aliphatic heterocycles. The lowest BCUT2D eigenvalue weighted by molar-refractivity contribution is 0.104. The Morgan fingerprint density at radius 1 is 1.00 bits per heavy atom. The molecule has 0 amide bonds. The number of benzene rings is 2. The minimum Gasteiger partial charge on any atom is -0.398 e. The van der Waals surface area contributed by atoms with Gasteiger partial charge in [0.1, 0.15) is 0 Å². The second-order valence-electron chi connectivity index (χ2n) is 4.30. The zero-order chi connectivity index (χ0) is 12.2. The van der Waals surface area contributed by atoms with Crippen molar-refractivity contribution in [3.63, 3.8) is 0 Å². The summed E-state index contributed by atoms with van der Waals surface area (Å²) in [6.07, 6.45) is 0. The van der Waals surface area contributed by atoms with E-state index in [0.29, 0.717) is 22.5 Å². The van der Waals surface area contributed by atoms with E-state index in [2.05, 4.69) is 0 Å². The second-order valence-corrected chi connectivity index (χ2v) is 4.30. The van der Waals surface area contributed by atoms with Crippen LogP contribution in [0.25, 0.3) is 11.1 Å². The van der Waals surface area contributed by atoms with Gasteiger partial charge in [0.05, 0.1) is 5.56 Å². The number of carbonyl (C=O) groups is 1. The summed E-state index contributed by atoms with van der Waals surface area (Å²) in [5, 5.41) is 0. The smallest absolute Gasteiger partial charge is 0.196 e. The minimum absolute atomic E-state index is 0.00352. The molecule has 0 saturated heterocycles. The molecule has 0 heterocycles. The fourth-order valence-corrected chi connectivity index (χ4v) is 2.33. The van der Waals surface area contributed by atoms with Gasteiger partial charge in [0, 0.05) is 16.9 Å². The summed E-state index contributed by atoms with van der Waals surface area (Å²) in [7, 11) is 0. The minimum atomic E-state index is -0.00352. The van der Waals surface area contributed by atoms with E-state index in [9.17, 15) is 4.79 Å².